The molecular formula is C19H25BrO3. The molecular weight excluding hydrogens is 356 g/mol. The smallest absolute Gasteiger partial charge is 0.338 e. The highest BCUT2D eigenvalue weighted by molar-refractivity contribution is 9.09. The van der Waals surface area contributed by atoms with Gasteiger partial charge in [-0.15, -0.1) is 0 Å². The van der Waals surface area contributed by atoms with Gasteiger partial charge in [-0.05, 0) is 43.5 Å². The van der Waals surface area contributed by atoms with Crippen LogP contribution in [0.15, 0.2) is 24.3 Å². The van der Waals surface area contributed by atoms with Crippen LogP contribution in [0, 0.1) is 11.8 Å². The number of rotatable bonds is 10. The van der Waals surface area contributed by atoms with Gasteiger partial charge in [0.15, 0.2) is 0 Å². The van der Waals surface area contributed by atoms with Crippen LogP contribution in [0.2, 0.25) is 0 Å². The molecule has 0 aliphatic carbocycles. The molecule has 4 heteroatoms. The summed E-state index contributed by atoms with van der Waals surface area (Å²) in [6.45, 7) is 3.90. The summed E-state index contributed by atoms with van der Waals surface area (Å²) in [4.78, 5) is 11.7. The molecule has 0 aliphatic rings. The molecule has 126 valence electrons. The van der Waals surface area contributed by atoms with E-state index >= 15 is 0 Å². The number of alkyl halides is 1. The maximum absolute atomic E-state index is 11.7. The normalized spacial score (nSPS) is 10.0. The molecule has 1 aromatic rings. The Morgan fingerprint density at radius 2 is 1.87 bits per heavy atom. The van der Waals surface area contributed by atoms with Crippen LogP contribution in [0.4, 0.5) is 0 Å². The molecule has 0 aromatic heterocycles. The van der Waals surface area contributed by atoms with Crippen LogP contribution in [0.1, 0.15) is 54.9 Å². The van der Waals surface area contributed by atoms with Crippen molar-refractivity contribution < 1.29 is 14.3 Å². The second-order valence-electron chi connectivity index (χ2n) is 5.13. The minimum absolute atomic E-state index is 0.278. The number of halogens is 1. The SMILES string of the molecule is CCCOC(=O)c1ccc(C#CCCOCCCCCBr)cc1. The van der Waals surface area contributed by atoms with Crippen LogP contribution in [-0.4, -0.2) is 31.1 Å². The van der Waals surface area contributed by atoms with Gasteiger partial charge in [0.05, 0.1) is 18.8 Å². The van der Waals surface area contributed by atoms with E-state index < -0.39 is 0 Å². The highest BCUT2D eigenvalue weighted by Crippen LogP contribution is 2.05. The van der Waals surface area contributed by atoms with Crippen molar-refractivity contribution in [2.24, 2.45) is 0 Å². The van der Waals surface area contributed by atoms with Crippen molar-refractivity contribution in [1.29, 1.82) is 0 Å². The van der Waals surface area contributed by atoms with Crippen LogP contribution >= 0.6 is 15.9 Å². The molecule has 0 radical (unpaired) electrons. The van der Waals surface area contributed by atoms with Crippen molar-refractivity contribution in [3.8, 4) is 11.8 Å². The molecule has 0 N–H and O–H groups in total. The first-order valence-corrected chi connectivity index (χ1v) is 9.30. The lowest BCUT2D eigenvalue weighted by molar-refractivity contribution is 0.0505. The third-order valence-corrected chi connectivity index (χ3v) is 3.65. The van der Waals surface area contributed by atoms with E-state index in [0.717, 1.165) is 36.8 Å². The molecule has 0 bridgehead atoms. The van der Waals surface area contributed by atoms with E-state index in [2.05, 4.69) is 27.8 Å². The summed E-state index contributed by atoms with van der Waals surface area (Å²) < 4.78 is 10.6. The molecule has 3 nitrogen and oxygen atoms in total. The summed E-state index contributed by atoms with van der Waals surface area (Å²) >= 11 is 3.41. The van der Waals surface area contributed by atoms with Crippen LogP contribution in [0.25, 0.3) is 0 Å². The van der Waals surface area contributed by atoms with Crippen molar-refractivity contribution >= 4 is 21.9 Å². The lowest BCUT2D eigenvalue weighted by Gasteiger charge is -2.02. The van der Waals surface area contributed by atoms with Gasteiger partial charge in [0.25, 0.3) is 0 Å². The van der Waals surface area contributed by atoms with Gasteiger partial charge in [-0.1, -0.05) is 41.1 Å². The number of carbonyl (C=O) groups is 1. The standard InChI is InChI=1S/C19H25BrO3/c1-2-14-23-19(21)18-11-9-17(10-12-18)8-4-7-16-22-15-6-3-5-13-20/h9-12H,2-3,5-7,13-16H2,1H3. The fraction of sp³-hybridized carbons (Fsp3) is 0.526. The van der Waals surface area contributed by atoms with Crippen LogP contribution in [0.5, 0.6) is 0 Å². The summed E-state index contributed by atoms with van der Waals surface area (Å²) in [6.07, 6.45) is 5.05. The number of hydrogen-bond acceptors (Lipinski definition) is 3. The van der Waals surface area contributed by atoms with E-state index in [-0.39, 0.29) is 5.97 Å². The van der Waals surface area contributed by atoms with Gasteiger partial charge < -0.3 is 9.47 Å². The summed E-state index contributed by atoms with van der Waals surface area (Å²) in [6, 6.07) is 7.19. The number of ether oxygens (including phenoxy) is 2. The fourth-order valence-corrected chi connectivity index (χ4v) is 2.23. The quantitative estimate of drug-likeness (QED) is 0.258. The molecule has 0 amide bonds. The summed E-state index contributed by atoms with van der Waals surface area (Å²) in [5.74, 6) is 5.89. The Balaban J connectivity index is 2.24. The van der Waals surface area contributed by atoms with Gasteiger partial charge in [-0.3, -0.25) is 0 Å². The number of esters is 1. The van der Waals surface area contributed by atoms with Crippen molar-refractivity contribution in [1.82, 2.24) is 0 Å². The minimum atomic E-state index is -0.278. The number of unbranched alkanes of at least 4 members (excludes halogenated alkanes) is 2. The van der Waals surface area contributed by atoms with Gasteiger partial charge >= 0.3 is 5.97 Å². The largest absolute Gasteiger partial charge is 0.462 e. The van der Waals surface area contributed by atoms with E-state index in [9.17, 15) is 4.79 Å². The Hall–Kier alpha value is -1.31. The first kappa shape index (κ1) is 19.7. The molecule has 1 rings (SSSR count). The first-order valence-electron chi connectivity index (χ1n) is 8.17. The zero-order valence-corrected chi connectivity index (χ0v) is 15.4. The molecule has 0 aliphatic heterocycles. The maximum atomic E-state index is 11.7. The predicted molar refractivity (Wildman–Crippen MR) is 97.0 cm³/mol. The highest BCUT2D eigenvalue weighted by Gasteiger charge is 2.05. The van der Waals surface area contributed by atoms with Gasteiger partial charge in [-0.25, -0.2) is 4.79 Å². The molecule has 0 saturated heterocycles. The summed E-state index contributed by atoms with van der Waals surface area (Å²) in [7, 11) is 0. The van der Waals surface area contributed by atoms with Gasteiger partial charge in [0.2, 0.25) is 0 Å². The van der Waals surface area contributed by atoms with E-state index in [4.69, 9.17) is 9.47 Å². The average Bonchev–Trinajstić information content (AvgIpc) is 2.58. The summed E-state index contributed by atoms with van der Waals surface area (Å²) in [5.41, 5.74) is 1.46. The number of carbonyl (C=O) groups excluding carboxylic acids is 1. The Morgan fingerprint density at radius 3 is 2.57 bits per heavy atom. The van der Waals surface area contributed by atoms with E-state index in [1.54, 1.807) is 12.1 Å². The van der Waals surface area contributed by atoms with Gasteiger partial charge in [0.1, 0.15) is 0 Å². The molecule has 0 unspecified atom stereocenters. The lowest BCUT2D eigenvalue weighted by Crippen LogP contribution is -2.05. The zero-order valence-electron chi connectivity index (χ0n) is 13.8. The first-order chi connectivity index (χ1) is 11.3. The molecule has 1 aromatic carbocycles. The highest BCUT2D eigenvalue weighted by atomic mass is 79.9. The Kier molecular flexibility index (Phi) is 11.3. The fourth-order valence-electron chi connectivity index (χ4n) is 1.83. The monoisotopic (exact) mass is 380 g/mol. The molecule has 23 heavy (non-hydrogen) atoms. The zero-order chi connectivity index (χ0) is 16.8. The number of hydrogen-bond donors (Lipinski definition) is 0. The lowest BCUT2D eigenvalue weighted by atomic mass is 10.1. The second-order valence-corrected chi connectivity index (χ2v) is 5.92. The van der Waals surface area contributed by atoms with Crippen molar-refractivity contribution in [3.63, 3.8) is 0 Å². The molecule has 0 spiro atoms. The second kappa shape index (κ2) is 13.2. The molecule has 0 atom stereocenters. The topological polar surface area (TPSA) is 35.5 Å². The number of benzene rings is 1. The average molecular weight is 381 g/mol. The Bertz CT molecular complexity index is 500. The van der Waals surface area contributed by atoms with Crippen LogP contribution in [-0.2, 0) is 9.47 Å². The van der Waals surface area contributed by atoms with E-state index in [1.807, 2.05) is 19.1 Å². The van der Waals surface area contributed by atoms with Crippen LogP contribution in [0.3, 0.4) is 0 Å². The summed E-state index contributed by atoms with van der Waals surface area (Å²) in [5, 5.41) is 1.06. The third-order valence-electron chi connectivity index (χ3n) is 3.08. The minimum Gasteiger partial charge on any atom is -0.462 e. The maximum Gasteiger partial charge on any atom is 0.338 e. The van der Waals surface area contributed by atoms with Crippen molar-refractivity contribution in [2.75, 3.05) is 25.2 Å². The van der Waals surface area contributed by atoms with Gasteiger partial charge in [-0.2, -0.15) is 0 Å². The predicted octanol–water partition coefficient (Wildman–Crippen LogP) is 4.58. The van der Waals surface area contributed by atoms with Crippen LogP contribution < -0.4 is 0 Å². The molecule has 0 fully saturated rings. The Morgan fingerprint density at radius 1 is 1.09 bits per heavy atom. The van der Waals surface area contributed by atoms with Crippen molar-refractivity contribution in [2.45, 2.75) is 39.0 Å². The Labute approximate surface area is 147 Å². The van der Waals surface area contributed by atoms with Crippen molar-refractivity contribution in [3.05, 3.63) is 35.4 Å². The van der Waals surface area contributed by atoms with Gasteiger partial charge in [0, 0.05) is 23.9 Å². The molecule has 0 saturated carbocycles. The van der Waals surface area contributed by atoms with E-state index in [0.29, 0.717) is 18.8 Å². The molecule has 0 heterocycles. The van der Waals surface area contributed by atoms with E-state index in [1.165, 1.54) is 12.8 Å². The third kappa shape index (κ3) is 9.43.